The molecule has 2 saturated heterocycles. The number of aromatic nitrogens is 2. The lowest BCUT2D eigenvalue weighted by Gasteiger charge is -2.37. The lowest BCUT2D eigenvalue weighted by atomic mass is 10.0. The first-order chi connectivity index (χ1) is 11.8. The number of rotatable bonds is 3. The van der Waals surface area contributed by atoms with E-state index in [-0.39, 0.29) is 6.03 Å². The second kappa shape index (κ2) is 6.26. The topological polar surface area (TPSA) is 52.6 Å². The molecule has 2 aromatic rings. The number of urea groups is 1. The molecule has 6 nitrogen and oxygen atoms in total. The Labute approximate surface area is 142 Å². The van der Waals surface area contributed by atoms with Crippen LogP contribution in [0, 0.1) is 0 Å². The minimum Gasteiger partial charge on any atom is -0.356 e. The van der Waals surface area contributed by atoms with Crippen LogP contribution in [0.4, 0.5) is 10.6 Å². The molecule has 0 unspecified atom stereocenters. The molecular weight excluding hydrogens is 302 g/mol. The third-order valence-corrected chi connectivity index (χ3v) is 5.24. The summed E-state index contributed by atoms with van der Waals surface area (Å²) >= 11 is 0. The third kappa shape index (κ3) is 2.56. The number of nitrogens with zero attached hydrogens (tertiary/aromatic N) is 5. The Morgan fingerprint density at radius 1 is 1.08 bits per heavy atom. The van der Waals surface area contributed by atoms with E-state index in [4.69, 9.17) is 0 Å². The largest absolute Gasteiger partial charge is 0.356 e. The van der Waals surface area contributed by atoms with Crippen molar-refractivity contribution in [3.8, 4) is 0 Å². The van der Waals surface area contributed by atoms with Gasteiger partial charge in [0, 0.05) is 44.2 Å². The molecule has 2 fully saturated rings. The van der Waals surface area contributed by atoms with E-state index < -0.39 is 0 Å². The highest BCUT2D eigenvalue weighted by atomic mass is 16.2. The molecule has 24 heavy (non-hydrogen) atoms. The first-order valence-corrected chi connectivity index (χ1v) is 8.78. The molecule has 2 amide bonds. The maximum Gasteiger partial charge on any atom is 0.320 e. The van der Waals surface area contributed by atoms with Crippen LogP contribution in [0.2, 0.25) is 0 Å². The zero-order valence-corrected chi connectivity index (χ0v) is 14.1. The summed E-state index contributed by atoms with van der Waals surface area (Å²) in [7, 11) is 0. The van der Waals surface area contributed by atoms with Gasteiger partial charge in [-0.1, -0.05) is 12.1 Å². The molecule has 4 rings (SSSR count). The van der Waals surface area contributed by atoms with Crippen LogP contribution >= 0.6 is 0 Å². The number of likely N-dealkylation sites (N-methyl/N-ethyl adjacent to an activating group) is 1. The fourth-order valence-corrected chi connectivity index (χ4v) is 3.87. The number of hydrogen-bond acceptors (Lipinski definition) is 4. The van der Waals surface area contributed by atoms with E-state index in [0.717, 1.165) is 62.3 Å². The predicted octanol–water partition coefficient (Wildman–Crippen LogP) is 2.36. The molecule has 0 aliphatic carbocycles. The van der Waals surface area contributed by atoms with Gasteiger partial charge in [0.15, 0.2) is 0 Å². The van der Waals surface area contributed by atoms with E-state index in [9.17, 15) is 4.79 Å². The third-order valence-electron chi connectivity index (χ3n) is 5.24. The predicted molar refractivity (Wildman–Crippen MR) is 94.1 cm³/mol. The Balaban J connectivity index is 1.47. The van der Waals surface area contributed by atoms with Crippen LogP contribution in [0.25, 0.3) is 10.9 Å². The first kappa shape index (κ1) is 15.2. The van der Waals surface area contributed by atoms with Crippen LogP contribution in [0.5, 0.6) is 0 Å². The molecule has 0 spiro atoms. The molecule has 0 bridgehead atoms. The van der Waals surface area contributed by atoms with Gasteiger partial charge in [0.2, 0.25) is 0 Å². The molecule has 1 aromatic heterocycles. The number of piperidine rings is 1. The van der Waals surface area contributed by atoms with Crippen molar-refractivity contribution < 1.29 is 4.79 Å². The number of anilines is 1. The Kier molecular flexibility index (Phi) is 3.96. The van der Waals surface area contributed by atoms with Gasteiger partial charge in [-0.3, -0.25) is 0 Å². The zero-order valence-electron chi connectivity index (χ0n) is 14.1. The second-order valence-electron chi connectivity index (χ2n) is 6.49. The van der Waals surface area contributed by atoms with E-state index in [2.05, 4.69) is 25.8 Å². The quantitative estimate of drug-likeness (QED) is 0.869. The lowest BCUT2D eigenvalue weighted by Crippen LogP contribution is -2.46. The first-order valence-electron chi connectivity index (χ1n) is 8.78. The minimum absolute atomic E-state index is 0.212. The van der Waals surface area contributed by atoms with Gasteiger partial charge in [0.05, 0.1) is 5.52 Å². The summed E-state index contributed by atoms with van der Waals surface area (Å²) in [5.41, 5.74) is 0.984. The highest BCUT2D eigenvalue weighted by Gasteiger charge is 2.34. The maximum absolute atomic E-state index is 12.4. The van der Waals surface area contributed by atoms with Crippen LogP contribution in [-0.2, 0) is 0 Å². The standard InChI is InChI=1S/C18H23N5O/c1-2-21-11-12-23(18(21)24)14-7-9-22(10-8-14)17-15-5-3-4-6-16(15)19-13-20-17/h3-6,13-14H,2,7-12H2,1H3. The van der Waals surface area contributed by atoms with Crippen LogP contribution in [-0.4, -0.2) is 64.6 Å². The molecule has 1 aromatic carbocycles. The van der Waals surface area contributed by atoms with Crippen LogP contribution in [0.1, 0.15) is 19.8 Å². The average molecular weight is 325 g/mol. The van der Waals surface area contributed by atoms with Crippen molar-refractivity contribution in [1.82, 2.24) is 19.8 Å². The Hall–Kier alpha value is -2.37. The van der Waals surface area contributed by atoms with Crippen LogP contribution in [0.15, 0.2) is 30.6 Å². The molecule has 0 N–H and O–H groups in total. The van der Waals surface area contributed by atoms with Crippen molar-refractivity contribution in [2.75, 3.05) is 37.6 Å². The molecule has 2 aliphatic rings. The molecular formula is C18H23N5O. The Bertz CT molecular complexity index is 736. The van der Waals surface area contributed by atoms with Crippen molar-refractivity contribution in [3.63, 3.8) is 0 Å². The van der Waals surface area contributed by atoms with Crippen molar-refractivity contribution in [2.45, 2.75) is 25.8 Å². The number of benzene rings is 1. The van der Waals surface area contributed by atoms with Crippen molar-refractivity contribution >= 4 is 22.8 Å². The molecule has 0 atom stereocenters. The number of hydrogen-bond donors (Lipinski definition) is 0. The van der Waals surface area contributed by atoms with Gasteiger partial charge in [-0.25, -0.2) is 14.8 Å². The Morgan fingerprint density at radius 2 is 1.88 bits per heavy atom. The lowest BCUT2D eigenvalue weighted by molar-refractivity contribution is 0.169. The van der Waals surface area contributed by atoms with E-state index in [1.807, 2.05) is 30.0 Å². The molecule has 6 heteroatoms. The van der Waals surface area contributed by atoms with Crippen LogP contribution < -0.4 is 4.90 Å². The highest BCUT2D eigenvalue weighted by molar-refractivity contribution is 5.89. The van der Waals surface area contributed by atoms with E-state index >= 15 is 0 Å². The zero-order chi connectivity index (χ0) is 16.5. The van der Waals surface area contributed by atoms with Crippen molar-refractivity contribution in [3.05, 3.63) is 30.6 Å². The maximum atomic E-state index is 12.4. The Morgan fingerprint density at radius 3 is 2.62 bits per heavy atom. The summed E-state index contributed by atoms with van der Waals surface area (Å²) in [5, 5.41) is 1.10. The van der Waals surface area contributed by atoms with Gasteiger partial charge in [-0.05, 0) is 31.9 Å². The summed E-state index contributed by atoms with van der Waals surface area (Å²) in [6, 6.07) is 8.71. The molecule has 2 aliphatic heterocycles. The average Bonchev–Trinajstić information content (AvgIpc) is 3.02. The number of para-hydroxylation sites is 1. The van der Waals surface area contributed by atoms with E-state index in [0.29, 0.717) is 6.04 Å². The molecule has 3 heterocycles. The fourth-order valence-electron chi connectivity index (χ4n) is 3.87. The van der Waals surface area contributed by atoms with Gasteiger partial charge in [0.1, 0.15) is 12.1 Å². The van der Waals surface area contributed by atoms with E-state index in [1.165, 1.54) is 0 Å². The van der Waals surface area contributed by atoms with E-state index in [1.54, 1.807) is 6.33 Å². The van der Waals surface area contributed by atoms with Crippen molar-refractivity contribution in [2.24, 2.45) is 0 Å². The monoisotopic (exact) mass is 325 g/mol. The minimum atomic E-state index is 0.212. The van der Waals surface area contributed by atoms with Gasteiger partial charge in [-0.15, -0.1) is 0 Å². The summed E-state index contributed by atoms with van der Waals surface area (Å²) in [6.45, 7) is 6.45. The molecule has 0 saturated carbocycles. The fraction of sp³-hybridized carbons (Fsp3) is 0.500. The summed E-state index contributed by atoms with van der Waals surface area (Å²) < 4.78 is 0. The molecule has 126 valence electrons. The van der Waals surface area contributed by atoms with Crippen LogP contribution in [0.3, 0.4) is 0 Å². The number of carbonyl (C=O) groups excluding carboxylic acids is 1. The molecule has 0 radical (unpaired) electrons. The van der Waals surface area contributed by atoms with Crippen molar-refractivity contribution in [1.29, 1.82) is 0 Å². The van der Waals surface area contributed by atoms with Gasteiger partial charge < -0.3 is 14.7 Å². The number of amides is 2. The number of carbonyl (C=O) groups is 1. The second-order valence-corrected chi connectivity index (χ2v) is 6.49. The smallest absolute Gasteiger partial charge is 0.320 e. The van der Waals surface area contributed by atoms with Gasteiger partial charge in [0.25, 0.3) is 0 Å². The number of fused-ring (bicyclic) bond motifs is 1. The summed E-state index contributed by atoms with van der Waals surface area (Å²) in [6.07, 6.45) is 3.65. The highest BCUT2D eigenvalue weighted by Crippen LogP contribution is 2.27. The summed E-state index contributed by atoms with van der Waals surface area (Å²) in [5.74, 6) is 1.02. The van der Waals surface area contributed by atoms with Gasteiger partial charge >= 0.3 is 6.03 Å². The normalized spacial score (nSPS) is 19.5. The SMILES string of the molecule is CCN1CCN(C2CCN(c3ncnc4ccccc34)CC2)C1=O. The van der Waals surface area contributed by atoms with Gasteiger partial charge in [-0.2, -0.15) is 0 Å². The summed E-state index contributed by atoms with van der Waals surface area (Å²) in [4.78, 5) is 27.6.